The van der Waals surface area contributed by atoms with E-state index in [0.29, 0.717) is 38.3 Å². The molecule has 0 radical (unpaired) electrons. The second kappa shape index (κ2) is 7.34. The Bertz CT molecular complexity index is 625. The molecule has 7 heteroatoms. The van der Waals surface area contributed by atoms with Gasteiger partial charge in [-0.2, -0.15) is 5.10 Å². The standard InChI is InChI=1S/C16H20N4O3/c21-7-5-15-10-23-8-6-20(15)16(22)14-3-1-13(2-4-14)9-19-12-17-11-18-19/h1-4,11-12,15,21H,5-10H2. The predicted molar refractivity (Wildman–Crippen MR) is 82.9 cm³/mol. The van der Waals surface area contributed by atoms with Gasteiger partial charge in [-0.25, -0.2) is 9.67 Å². The highest BCUT2D eigenvalue weighted by atomic mass is 16.5. The van der Waals surface area contributed by atoms with Crippen LogP contribution in [0.3, 0.4) is 0 Å². The zero-order valence-electron chi connectivity index (χ0n) is 12.8. The zero-order chi connectivity index (χ0) is 16.1. The number of nitrogens with zero attached hydrogens (tertiary/aromatic N) is 4. The Labute approximate surface area is 134 Å². The average molecular weight is 316 g/mol. The first-order valence-corrected chi connectivity index (χ1v) is 7.69. The first kappa shape index (κ1) is 15.6. The third-order valence-corrected chi connectivity index (χ3v) is 3.96. The lowest BCUT2D eigenvalue weighted by atomic mass is 10.1. The minimum atomic E-state index is -0.0592. The minimum absolute atomic E-state index is 0.0148. The molecule has 0 spiro atoms. The van der Waals surface area contributed by atoms with Crippen molar-refractivity contribution in [2.24, 2.45) is 0 Å². The van der Waals surface area contributed by atoms with Gasteiger partial charge in [0.1, 0.15) is 12.7 Å². The summed E-state index contributed by atoms with van der Waals surface area (Å²) < 4.78 is 7.14. The molecule has 1 amide bonds. The molecule has 0 aliphatic carbocycles. The number of ether oxygens (including phenoxy) is 1. The largest absolute Gasteiger partial charge is 0.396 e. The summed E-state index contributed by atoms with van der Waals surface area (Å²) in [4.78, 5) is 18.4. The van der Waals surface area contributed by atoms with Crippen LogP contribution in [-0.4, -0.2) is 63.1 Å². The quantitative estimate of drug-likeness (QED) is 0.871. The number of benzene rings is 1. The normalized spacial score (nSPS) is 18.1. The SMILES string of the molecule is O=C(c1ccc(Cn2cncn2)cc1)N1CCOCC1CCO. The summed E-state index contributed by atoms with van der Waals surface area (Å²) >= 11 is 0. The summed E-state index contributed by atoms with van der Waals surface area (Å²) in [6.45, 7) is 2.26. The maximum atomic E-state index is 12.7. The van der Waals surface area contributed by atoms with E-state index in [0.717, 1.165) is 5.56 Å². The van der Waals surface area contributed by atoms with Crippen molar-refractivity contribution in [2.45, 2.75) is 19.0 Å². The molecule has 2 aromatic rings. The van der Waals surface area contributed by atoms with Crippen LogP contribution >= 0.6 is 0 Å². The molecule has 0 bridgehead atoms. The van der Waals surface area contributed by atoms with E-state index in [-0.39, 0.29) is 18.6 Å². The molecule has 23 heavy (non-hydrogen) atoms. The fourth-order valence-corrected chi connectivity index (χ4v) is 2.73. The molecule has 1 aliphatic rings. The first-order chi connectivity index (χ1) is 11.3. The van der Waals surface area contributed by atoms with Gasteiger partial charge in [-0.1, -0.05) is 12.1 Å². The van der Waals surface area contributed by atoms with Gasteiger partial charge in [-0.3, -0.25) is 4.79 Å². The minimum Gasteiger partial charge on any atom is -0.396 e. The maximum absolute atomic E-state index is 12.7. The first-order valence-electron chi connectivity index (χ1n) is 7.69. The molecule has 2 heterocycles. The van der Waals surface area contributed by atoms with Crippen LogP contribution in [0.4, 0.5) is 0 Å². The molecular weight excluding hydrogens is 296 g/mol. The van der Waals surface area contributed by atoms with Gasteiger partial charge in [0.15, 0.2) is 0 Å². The van der Waals surface area contributed by atoms with E-state index in [1.165, 1.54) is 6.33 Å². The van der Waals surface area contributed by atoms with E-state index in [1.807, 2.05) is 24.3 Å². The highest BCUT2D eigenvalue weighted by Crippen LogP contribution is 2.16. The number of morpholine rings is 1. The molecule has 1 saturated heterocycles. The number of aliphatic hydroxyl groups is 1. The molecule has 3 rings (SSSR count). The van der Waals surface area contributed by atoms with Crippen LogP contribution in [0, 0.1) is 0 Å². The van der Waals surface area contributed by atoms with Crippen LogP contribution < -0.4 is 0 Å². The second-order valence-electron chi connectivity index (χ2n) is 5.53. The predicted octanol–water partition coefficient (Wildman–Crippen LogP) is 0.550. The molecule has 1 atom stereocenters. The van der Waals surface area contributed by atoms with Crippen molar-refractivity contribution < 1.29 is 14.6 Å². The van der Waals surface area contributed by atoms with Crippen LogP contribution in [0.1, 0.15) is 22.3 Å². The monoisotopic (exact) mass is 316 g/mol. The molecule has 1 N–H and O–H groups in total. The maximum Gasteiger partial charge on any atom is 0.254 e. The van der Waals surface area contributed by atoms with Crippen LogP contribution in [0.2, 0.25) is 0 Å². The number of aromatic nitrogens is 3. The lowest BCUT2D eigenvalue weighted by molar-refractivity contribution is -0.00829. The van der Waals surface area contributed by atoms with E-state index in [2.05, 4.69) is 10.1 Å². The van der Waals surface area contributed by atoms with Gasteiger partial charge in [-0.15, -0.1) is 0 Å². The molecule has 122 valence electrons. The summed E-state index contributed by atoms with van der Waals surface area (Å²) in [5, 5.41) is 13.2. The Hall–Kier alpha value is -2.25. The summed E-state index contributed by atoms with van der Waals surface area (Å²) in [7, 11) is 0. The average Bonchev–Trinajstić information content (AvgIpc) is 3.09. The van der Waals surface area contributed by atoms with Crippen molar-refractivity contribution in [1.29, 1.82) is 0 Å². The lowest BCUT2D eigenvalue weighted by Crippen LogP contribution is -2.49. The number of carbonyl (C=O) groups is 1. The molecule has 7 nitrogen and oxygen atoms in total. The molecule has 1 aromatic carbocycles. The third-order valence-electron chi connectivity index (χ3n) is 3.96. The van der Waals surface area contributed by atoms with E-state index in [1.54, 1.807) is 15.9 Å². The van der Waals surface area contributed by atoms with Crippen molar-refractivity contribution in [3.05, 3.63) is 48.0 Å². The van der Waals surface area contributed by atoms with Gasteiger partial charge in [0.25, 0.3) is 5.91 Å². The Morgan fingerprint density at radius 1 is 1.35 bits per heavy atom. The van der Waals surface area contributed by atoms with Crippen LogP contribution in [-0.2, 0) is 11.3 Å². The summed E-state index contributed by atoms with van der Waals surface area (Å²) in [5.74, 6) is -0.0148. The fraction of sp³-hybridized carbons (Fsp3) is 0.438. The van der Waals surface area contributed by atoms with E-state index in [4.69, 9.17) is 9.84 Å². The number of carbonyl (C=O) groups excluding carboxylic acids is 1. The van der Waals surface area contributed by atoms with Crippen LogP contribution in [0.5, 0.6) is 0 Å². The Kier molecular flexibility index (Phi) is 4.99. The molecule has 1 fully saturated rings. The summed E-state index contributed by atoms with van der Waals surface area (Å²) in [6, 6.07) is 7.46. The number of hydrogen-bond donors (Lipinski definition) is 1. The van der Waals surface area contributed by atoms with Gasteiger partial charge in [0.05, 0.1) is 25.8 Å². The number of rotatable bonds is 5. The lowest BCUT2D eigenvalue weighted by Gasteiger charge is -2.35. The molecule has 1 unspecified atom stereocenters. The molecule has 1 aromatic heterocycles. The van der Waals surface area contributed by atoms with E-state index >= 15 is 0 Å². The van der Waals surface area contributed by atoms with Gasteiger partial charge in [0.2, 0.25) is 0 Å². The topological polar surface area (TPSA) is 80.5 Å². The van der Waals surface area contributed by atoms with Gasteiger partial charge in [-0.05, 0) is 24.1 Å². The smallest absolute Gasteiger partial charge is 0.254 e. The molecular formula is C16H20N4O3. The molecule has 0 saturated carbocycles. The Morgan fingerprint density at radius 3 is 2.87 bits per heavy atom. The Morgan fingerprint density at radius 2 is 2.17 bits per heavy atom. The second-order valence-corrected chi connectivity index (χ2v) is 5.53. The number of aliphatic hydroxyl groups excluding tert-OH is 1. The van der Waals surface area contributed by atoms with E-state index in [9.17, 15) is 4.79 Å². The van der Waals surface area contributed by atoms with Gasteiger partial charge < -0.3 is 14.7 Å². The Balaban J connectivity index is 1.69. The van der Waals surface area contributed by atoms with Gasteiger partial charge >= 0.3 is 0 Å². The van der Waals surface area contributed by atoms with Crippen LogP contribution in [0.25, 0.3) is 0 Å². The van der Waals surface area contributed by atoms with E-state index < -0.39 is 0 Å². The molecule has 1 aliphatic heterocycles. The number of hydrogen-bond acceptors (Lipinski definition) is 5. The summed E-state index contributed by atoms with van der Waals surface area (Å²) in [6.07, 6.45) is 3.69. The van der Waals surface area contributed by atoms with Crippen molar-refractivity contribution in [3.63, 3.8) is 0 Å². The highest BCUT2D eigenvalue weighted by Gasteiger charge is 2.27. The van der Waals surface area contributed by atoms with Crippen LogP contribution in [0.15, 0.2) is 36.9 Å². The fourth-order valence-electron chi connectivity index (χ4n) is 2.73. The van der Waals surface area contributed by atoms with Crippen molar-refractivity contribution in [2.75, 3.05) is 26.4 Å². The summed E-state index contributed by atoms with van der Waals surface area (Å²) in [5.41, 5.74) is 1.71. The van der Waals surface area contributed by atoms with Crippen molar-refractivity contribution >= 4 is 5.91 Å². The highest BCUT2D eigenvalue weighted by molar-refractivity contribution is 5.94. The van der Waals surface area contributed by atoms with Crippen molar-refractivity contribution in [3.8, 4) is 0 Å². The number of amides is 1. The zero-order valence-corrected chi connectivity index (χ0v) is 12.8. The third kappa shape index (κ3) is 3.75. The van der Waals surface area contributed by atoms with Gasteiger partial charge in [0, 0.05) is 18.7 Å². The van der Waals surface area contributed by atoms with Crippen molar-refractivity contribution in [1.82, 2.24) is 19.7 Å².